The largest absolute Gasteiger partial charge is 0.395 e. The van der Waals surface area contributed by atoms with Crippen molar-refractivity contribution >= 4 is 22.7 Å². The number of carbonyl (C=O) groups excluding carboxylic acids is 2. The summed E-state index contributed by atoms with van der Waals surface area (Å²) in [6, 6.07) is 8.15. The maximum absolute atomic E-state index is 13.2. The fraction of sp³-hybridized carbons (Fsp3) is 0.524. The molecule has 6 heteroatoms. The molecule has 27 heavy (non-hydrogen) atoms. The molecule has 0 bridgehead atoms. The molecular weight excluding hydrogens is 342 g/mol. The van der Waals surface area contributed by atoms with Crippen LogP contribution in [0, 0.1) is 12.3 Å². The molecule has 1 N–H and O–H groups in total. The van der Waals surface area contributed by atoms with Gasteiger partial charge in [0, 0.05) is 44.1 Å². The number of β-amino-alcohol motifs (C(OH)–C–C–N with tert-alkyl or cyclic N) is 1. The van der Waals surface area contributed by atoms with Gasteiger partial charge in [-0.2, -0.15) is 0 Å². The summed E-state index contributed by atoms with van der Waals surface area (Å²) in [5.41, 5.74) is 2.41. The number of carbonyl (C=O) groups is 2. The smallest absolute Gasteiger partial charge is 0.270 e. The third-order valence-electron chi connectivity index (χ3n) is 6.25. The summed E-state index contributed by atoms with van der Waals surface area (Å²) in [7, 11) is 1.92. The minimum Gasteiger partial charge on any atom is -0.395 e. The van der Waals surface area contributed by atoms with Crippen molar-refractivity contribution in [3.8, 4) is 0 Å². The van der Waals surface area contributed by atoms with Gasteiger partial charge in [-0.25, -0.2) is 0 Å². The maximum Gasteiger partial charge on any atom is 0.270 e. The average Bonchev–Trinajstić information content (AvgIpc) is 3.21. The molecule has 2 amide bonds. The van der Waals surface area contributed by atoms with E-state index < -0.39 is 5.41 Å². The van der Waals surface area contributed by atoms with Crippen LogP contribution in [0.1, 0.15) is 35.3 Å². The maximum atomic E-state index is 13.2. The first-order chi connectivity index (χ1) is 12.9. The second-order valence-electron chi connectivity index (χ2n) is 8.03. The molecule has 6 nitrogen and oxygen atoms in total. The Labute approximate surface area is 159 Å². The fourth-order valence-electron chi connectivity index (χ4n) is 4.75. The van der Waals surface area contributed by atoms with Crippen molar-refractivity contribution in [3.05, 3.63) is 35.5 Å². The number of nitrogens with zero attached hydrogens (tertiary/aromatic N) is 3. The second-order valence-corrected chi connectivity index (χ2v) is 8.03. The van der Waals surface area contributed by atoms with E-state index in [9.17, 15) is 14.7 Å². The lowest BCUT2D eigenvalue weighted by atomic mass is 9.78. The van der Waals surface area contributed by atoms with Crippen LogP contribution in [0.15, 0.2) is 24.3 Å². The highest BCUT2D eigenvalue weighted by atomic mass is 16.3. The van der Waals surface area contributed by atoms with Crippen LogP contribution in [0.4, 0.5) is 0 Å². The molecule has 0 aliphatic carbocycles. The zero-order valence-corrected chi connectivity index (χ0v) is 16.1. The fourth-order valence-corrected chi connectivity index (χ4v) is 4.75. The first-order valence-corrected chi connectivity index (χ1v) is 9.71. The van der Waals surface area contributed by atoms with Gasteiger partial charge in [0.25, 0.3) is 5.91 Å². The minimum absolute atomic E-state index is 0.00434. The van der Waals surface area contributed by atoms with E-state index in [1.165, 1.54) is 5.56 Å². The Bertz CT molecular complexity index is 901. The molecular formula is C21H27N3O3. The van der Waals surface area contributed by atoms with Crippen molar-refractivity contribution in [2.75, 3.05) is 32.8 Å². The molecule has 4 rings (SSSR count). The number of likely N-dealkylation sites (tertiary alicyclic amines) is 2. The van der Waals surface area contributed by atoms with Gasteiger partial charge < -0.3 is 19.5 Å². The summed E-state index contributed by atoms with van der Waals surface area (Å²) in [6.45, 7) is 4.21. The number of benzene rings is 1. The SMILES string of the molecule is Cc1ccc2c(c1)cc(C(=O)N1CCC3(CCCN(CCO)C3=O)C1)n2C. The van der Waals surface area contributed by atoms with Crippen LogP contribution in [0.5, 0.6) is 0 Å². The highest BCUT2D eigenvalue weighted by Gasteiger charge is 2.49. The molecule has 3 heterocycles. The van der Waals surface area contributed by atoms with Crippen molar-refractivity contribution in [1.29, 1.82) is 0 Å². The third-order valence-corrected chi connectivity index (χ3v) is 6.25. The zero-order valence-electron chi connectivity index (χ0n) is 16.1. The van der Waals surface area contributed by atoms with E-state index in [-0.39, 0.29) is 18.4 Å². The second kappa shape index (κ2) is 6.68. The van der Waals surface area contributed by atoms with E-state index in [2.05, 4.69) is 12.1 Å². The lowest BCUT2D eigenvalue weighted by Gasteiger charge is -2.39. The molecule has 2 aromatic rings. The molecule has 1 aromatic heterocycles. The van der Waals surface area contributed by atoms with Crippen LogP contribution in [0.3, 0.4) is 0 Å². The van der Waals surface area contributed by atoms with Gasteiger partial charge >= 0.3 is 0 Å². The van der Waals surface area contributed by atoms with Crippen LogP contribution in [-0.2, 0) is 11.8 Å². The molecule has 2 aliphatic rings. The first-order valence-electron chi connectivity index (χ1n) is 9.71. The standard InChI is InChI=1S/C21H27N3O3/c1-15-4-5-17-16(12-15)13-18(22(17)2)19(26)24-9-7-21(14-24)6-3-8-23(10-11-25)20(21)27/h4-5,12-13,25H,3,6-11,14H2,1-2H3. The molecule has 1 spiro atoms. The molecule has 0 radical (unpaired) electrons. The van der Waals surface area contributed by atoms with E-state index in [0.29, 0.717) is 38.3 Å². The first kappa shape index (κ1) is 18.0. The number of hydrogen-bond acceptors (Lipinski definition) is 3. The summed E-state index contributed by atoms with van der Waals surface area (Å²) in [4.78, 5) is 29.8. The van der Waals surface area contributed by atoms with Gasteiger partial charge in [-0.15, -0.1) is 0 Å². The summed E-state index contributed by atoms with van der Waals surface area (Å²) in [5.74, 6) is 0.0982. The highest BCUT2D eigenvalue weighted by molar-refractivity contribution is 5.99. The molecule has 0 saturated carbocycles. The van der Waals surface area contributed by atoms with Gasteiger partial charge in [-0.05, 0) is 44.4 Å². The number of aliphatic hydroxyl groups excluding tert-OH is 1. The van der Waals surface area contributed by atoms with Crippen molar-refractivity contribution in [2.45, 2.75) is 26.2 Å². The molecule has 2 fully saturated rings. The highest BCUT2D eigenvalue weighted by Crippen LogP contribution is 2.40. The van der Waals surface area contributed by atoms with Gasteiger partial charge in [0.15, 0.2) is 0 Å². The third kappa shape index (κ3) is 2.92. The predicted octanol–water partition coefficient (Wildman–Crippen LogP) is 1.93. The molecule has 1 aromatic carbocycles. The van der Waals surface area contributed by atoms with Crippen molar-refractivity contribution < 1.29 is 14.7 Å². The lowest BCUT2D eigenvalue weighted by Crippen LogP contribution is -2.51. The Hall–Kier alpha value is -2.34. The Morgan fingerprint density at radius 2 is 2.04 bits per heavy atom. The zero-order chi connectivity index (χ0) is 19.2. The van der Waals surface area contributed by atoms with Gasteiger partial charge in [-0.1, -0.05) is 11.6 Å². The Kier molecular flexibility index (Phi) is 4.46. The molecule has 144 valence electrons. The molecule has 1 atom stereocenters. The summed E-state index contributed by atoms with van der Waals surface area (Å²) in [5, 5.41) is 10.3. The number of aliphatic hydroxyl groups is 1. The van der Waals surface area contributed by atoms with Crippen LogP contribution >= 0.6 is 0 Å². The normalized spacial score (nSPS) is 23.0. The van der Waals surface area contributed by atoms with Crippen molar-refractivity contribution in [1.82, 2.24) is 14.4 Å². The number of aromatic nitrogens is 1. The number of aryl methyl sites for hydroxylation is 2. The number of amides is 2. The van der Waals surface area contributed by atoms with Crippen LogP contribution in [0.2, 0.25) is 0 Å². The van der Waals surface area contributed by atoms with E-state index in [4.69, 9.17) is 0 Å². The monoisotopic (exact) mass is 369 g/mol. The van der Waals surface area contributed by atoms with Crippen molar-refractivity contribution in [3.63, 3.8) is 0 Å². The van der Waals surface area contributed by atoms with Crippen LogP contribution in [-0.4, -0.2) is 64.1 Å². The Morgan fingerprint density at radius 1 is 1.22 bits per heavy atom. The molecule has 2 saturated heterocycles. The Balaban J connectivity index is 1.58. The van der Waals surface area contributed by atoms with Crippen molar-refractivity contribution in [2.24, 2.45) is 12.5 Å². The Morgan fingerprint density at radius 3 is 2.81 bits per heavy atom. The summed E-state index contributed by atoms with van der Waals surface area (Å²) < 4.78 is 1.95. The predicted molar refractivity (Wildman–Crippen MR) is 104 cm³/mol. The number of hydrogen-bond donors (Lipinski definition) is 1. The van der Waals surface area contributed by atoms with Gasteiger partial charge in [-0.3, -0.25) is 9.59 Å². The topological polar surface area (TPSA) is 65.8 Å². The quantitative estimate of drug-likeness (QED) is 0.899. The van der Waals surface area contributed by atoms with Crippen LogP contribution < -0.4 is 0 Å². The number of fused-ring (bicyclic) bond motifs is 1. The van der Waals surface area contributed by atoms with E-state index >= 15 is 0 Å². The number of piperidine rings is 1. The average molecular weight is 369 g/mol. The van der Waals surface area contributed by atoms with Crippen LogP contribution in [0.25, 0.3) is 10.9 Å². The van der Waals surface area contributed by atoms with E-state index in [1.54, 1.807) is 4.90 Å². The van der Waals surface area contributed by atoms with Gasteiger partial charge in [0.05, 0.1) is 12.0 Å². The van der Waals surface area contributed by atoms with Gasteiger partial charge in [0.1, 0.15) is 5.69 Å². The summed E-state index contributed by atoms with van der Waals surface area (Å²) in [6.07, 6.45) is 2.47. The summed E-state index contributed by atoms with van der Waals surface area (Å²) >= 11 is 0. The van der Waals surface area contributed by atoms with E-state index in [0.717, 1.165) is 23.7 Å². The molecule has 2 aliphatic heterocycles. The van der Waals surface area contributed by atoms with E-state index in [1.807, 2.05) is 35.6 Å². The minimum atomic E-state index is -0.468. The van der Waals surface area contributed by atoms with Gasteiger partial charge in [0.2, 0.25) is 5.91 Å². The lowest BCUT2D eigenvalue weighted by molar-refractivity contribution is -0.146. The number of rotatable bonds is 3. The molecule has 1 unspecified atom stereocenters.